The number of aromatic nitrogens is 6. The minimum absolute atomic E-state index is 0.0179. The van der Waals surface area contributed by atoms with Gasteiger partial charge in [0.2, 0.25) is 10.9 Å². The van der Waals surface area contributed by atoms with Crippen LogP contribution in [0.3, 0.4) is 0 Å². The van der Waals surface area contributed by atoms with Gasteiger partial charge in [-0.15, -0.1) is 0 Å². The highest BCUT2D eigenvalue weighted by molar-refractivity contribution is 9.10. The van der Waals surface area contributed by atoms with Crippen LogP contribution in [0.25, 0.3) is 100 Å². The first kappa shape index (κ1) is 45.0. The van der Waals surface area contributed by atoms with Gasteiger partial charge < -0.3 is 18.9 Å². The van der Waals surface area contributed by atoms with E-state index in [1.165, 1.54) is 0 Å². The topological polar surface area (TPSA) is 178 Å². The Morgan fingerprint density at radius 3 is 1.21 bits per heavy atom. The summed E-state index contributed by atoms with van der Waals surface area (Å²) < 4.78 is 12.7. The van der Waals surface area contributed by atoms with Gasteiger partial charge in [-0.2, -0.15) is 0 Å². The molecular weight excluding hydrogens is 943 g/mol. The fourth-order valence-corrected chi connectivity index (χ4v) is 8.14. The average molecular weight is 980 g/mol. The van der Waals surface area contributed by atoms with E-state index >= 15 is 0 Å². The molecule has 8 heterocycles. The van der Waals surface area contributed by atoms with Crippen molar-refractivity contribution in [1.29, 1.82) is 0 Å². The van der Waals surface area contributed by atoms with Crippen molar-refractivity contribution in [3.05, 3.63) is 232 Å². The van der Waals surface area contributed by atoms with Gasteiger partial charge in [0.25, 0.3) is 0 Å². The molecule has 0 aliphatic rings. The van der Waals surface area contributed by atoms with Crippen LogP contribution in [0.2, 0.25) is 0 Å². The maximum atomic E-state index is 12.9. The van der Waals surface area contributed by atoms with Crippen LogP contribution in [0.15, 0.2) is 230 Å². The summed E-state index contributed by atoms with van der Waals surface area (Å²) >= 11 is 3.36. The number of para-hydroxylation sites is 2. The molecule has 0 atom stereocenters. The molecule has 0 unspecified atom stereocenters. The fourth-order valence-electron chi connectivity index (χ4n) is 7.80. The van der Waals surface area contributed by atoms with Crippen LogP contribution in [-0.2, 0) is 0 Å². The molecule has 70 heavy (non-hydrogen) atoms. The van der Waals surface area contributed by atoms with Crippen molar-refractivity contribution in [3.8, 4) is 56.2 Å². The minimum atomic E-state index is -1.56. The molecule has 0 fully saturated rings. The third-order valence-electron chi connectivity index (χ3n) is 11.3. The lowest BCUT2D eigenvalue weighted by Gasteiger charge is -2.10. The minimum Gasteiger partial charge on any atom is -0.456 e. The van der Waals surface area contributed by atoms with Gasteiger partial charge in [-0.1, -0.05) is 46.3 Å². The van der Waals surface area contributed by atoms with Crippen LogP contribution in [0.4, 0.5) is 0 Å². The molecule has 0 aliphatic carbocycles. The van der Waals surface area contributed by atoms with Crippen molar-refractivity contribution in [2.75, 3.05) is 0 Å². The summed E-state index contributed by atoms with van der Waals surface area (Å²) in [6, 6.07) is 48.2. The third-order valence-corrected chi connectivity index (χ3v) is 11.7. The number of hydrogen-bond acceptors (Lipinski definition) is 12. The molecule has 8 aromatic heterocycles. The molecule has 0 saturated heterocycles. The second-order valence-corrected chi connectivity index (χ2v) is 16.8. The van der Waals surface area contributed by atoms with Crippen LogP contribution in [-0.4, -0.2) is 47.1 Å². The van der Waals surface area contributed by atoms with Gasteiger partial charge in [0.05, 0.1) is 44.3 Å². The van der Waals surface area contributed by atoms with E-state index in [-0.39, 0.29) is 10.9 Å². The van der Waals surface area contributed by atoms with Gasteiger partial charge in [-0.3, -0.25) is 29.5 Å². The zero-order valence-corrected chi connectivity index (χ0v) is 38.4. The van der Waals surface area contributed by atoms with E-state index in [2.05, 4.69) is 40.8 Å². The predicted molar refractivity (Wildman–Crippen MR) is 278 cm³/mol. The van der Waals surface area contributed by atoms with Crippen molar-refractivity contribution in [2.24, 2.45) is 0 Å². The van der Waals surface area contributed by atoms with E-state index in [9.17, 15) is 19.6 Å². The number of nitrogens with zero attached hydrogens (tertiary/aromatic N) is 6. The molecule has 2 N–H and O–H groups in total. The number of hydrogen-bond donors (Lipinski definition) is 2. The van der Waals surface area contributed by atoms with E-state index < -0.39 is 7.12 Å². The van der Waals surface area contributed by atoms with E-state index in [0.717, 1.165) is 49.2 Å². The fraction of sp³-hybridized carbons (Fsp3) is 0. The Labute approximate surface area is 407 Å². The molecule has 0 saturated carbocycles. The lowest BCUT2D eigenvalue weighted by atomic mass is 9.79. The van der Waals surface area contributed by atoms with Gasteiger partial charge in [-0.05, 0) is 144 Å². The highest BCUT2D eigenvalue weighted by Crippen LogP contribution is 2.32. The first-order chi connectivity index (χ1) is 34.3. The highest BCUT2D eigenvalue weighted by atomic mass is 79.9. The molecule has 0 amide bonds. The summed E-state index contributed by atoms with van der Waals surface area (Å²) in [6.07, 6.45) is 13.8. The van der Waals surface area contributed by atoms with Crippen molar-refractivity contribution in [3.63, 3.8) is 0 Å². The molecule has 0 bridgehead atoms. The van der Waals surface area contributed by atoms with E-state index in [4.69, 9.17) is 13.8 Å². The Hall–Kier alpha value is -8.82. The monoisotopic (exact) mass is 978 g/mol. The van der Waals surface area contributed by atoms with Crippen LogP contribution >= 0.6 is 15.9 Å². The van der Waals surface area contributed by atoms with Crippen LogP contribution < -0.4 is 16.3 Å². The standard InChI is InChI=1S/C28H17N3O2.C15H12BN3O2.C13H7BrO2/c32-28-22-7-1-2-8-26(22)33-27-15-18(9-10-23(27)28)21-13-24(19-5-3-11-29-16-19)31-25(14-21)20-6-4-12-30-17-20;20-16(21)13-7-14(11-3-1-5-17-9-11)19-15(8-13)12-4-2-6-18-10-12;14-8-5-6-10-12(7-8)16-11-4-2-1-3-9(11)13(10)15/h1-17H;1-10,20-21H;1-7H. The summed E-state index contributed by atoms with van der Waals surface area (Å²) in [6.45, 7) is 0. The highest BCUT2D eigenvalue weighted by Gasteiger charge is 2.17. The van der Waals surface area contributed by atoms with Crippen LogP contribution in [0, 0.1) is 0 Å². The van der Waals surface area contributed by atoms with E-state index in [1.807, 2.05) is 121 Å². The van der Waals surface area contributed by atoms with Gasteiger partial charge in [0.1, 0.15) is 22.3 Å². The molecule has 0 spiro atoms. The van der Waals surface area contributed by atoms with Crippen LogP contribution in [0.5, 0.6) is 0 Å². The van der Waals surface area contributed by atoms with Crippen molar-refractivity contribution < 1.29 is 18.9 Å². The SMILES string of the molecule is O=c1c2ccccc2oc2cc(-c3cc(-c4cccnc4)nc(-c4cccnc4)c3)ccc12.O=c1c2ccccc2oc2cc(Br)ccc12.OB(O)c1cc(-c2cccnc2)nc(-c2cccnc2)c1. The number of fused-ring (bicyclic) bond motifs is 4. The average Bonchev–Trinajstić information content (AvgIpc) is 3.42. The Morgan fingerprint density at radius 2 is 0.786 bits per heavy atom. The van der Waals surface area contributed by atoms with Gasteiger partial charge in [0, 0.05) is 76.3 Å². The molecule has 0 aliphatic heterocycles. The lowest BCUT2D eigenvalue weighted by Crippen LogP contribution is -2.30. The van der Waals surface area contributed by atoms with Gasteiger partial charge >= 0.3 is 7.12 Å². The Balaban J connectivity index is 0.000000131. The number of rotatable bonds is 6. The largest absolute Gasteiger partial charge is 0.488 e. The summed E-state index contributed by atoms with van der Waals surface area (Å²) in [5.41, 5.74) is 11.0. The van der Waals surface area contributed by atoms with Crippen molar-refractivity contribution in [1.82, 2.24) is 29.9 Å². The molecule has 336 valence electrons. The number of halogens is 1. The molecular formula is C56H36BBrN6O6. The van der Waals surface area contributed by atoms with Crippen molar-refractivity contribution in [2.45, 2.75) is 0 Å². The van der Waals surface area contributed by atoms with E-state index in [1.54, 1.807) is 86.0 Å². The molecule has 12 nitrogen and oxygen atoms in total. The van der Waals surface area contributed by atoms with Gasteiger partial charge in [0.15, 0.2) is 0 Å². The quantitative estimate of drug-likeness (QED) is 0.119. The maximum Gasteiger partial charge on any atom is 0.488 e. The molecule has 0 radical (unpaired) electrons. The first-order valence-electron chi connectivity index (χ1n) is 21.8. The Kier molecular flexibility index (Phi) is 13.0. The molecule has 14 heteroatoms. The lowest BCUT2D eigenvalue weighted by molar-refractivity contribution is 0.425. The number of pyridine rings is 6. The number of benzene rings is 4. The molecule has 12 rings (SSSR count). The van der Waals surface area contributed by atoms with E-state index in [0.29, 0.717) is 60.7 Å². The van der Waals surface area contributed by atoms with Crippen molar-refractivity contribution >= 4 is 72.4 Å². The third kappa shape index (κ3) is 9.77. The predicted octanol–water partition coefficient (Wildman–Crippen LogP) is 10.7. The smallest absolute Gasteiger partial charge is 0.456 e. The Morgan fingerprint density at radius 1 is 0.386 bits per heavy atom. The molecule has 12 aromatic rings. The summed E-state index contributed by atoms with van der Waals surface area (Å²) in [4.78, 5) is 51.1. The normalized spacial score (nSPS) is 10.9. The first-order valence-corrected chi connectivity index (χ1v) is 22.6. The summed E-state index contributed by atoms with van der Waals surface area (Å²) in [5.74, 6) is 0. The second-order valence-electron chi connectivity index (χ2n) is 15.8. The summed E-state index contributed by atoms with van der Waals surface area (Å²) in [7, 11) is -1.56. The zero-order valence-electron chi connectivity index (χ0n) is 36.8. The molecule has 4 aromatic carbocycles. The second kappa shape index (κ2) is 20.2. The van der Waals surface area contributed by atoms with Crippen LogP contribution in [0.1, 0.15) is 0 Å². The maximum absolute atomic E-state index is 12.9. The van der Waals surface area contributed by atoms with Gasteiger partial charge in [-0.25, -0.2) is 9.97 Å². The zero-order chi connectivity index (χ0) is 48.0. The summed E-state index contributed by atoms with van der Waals surface area (Å²) in [5, 5.41) is 21.3. The Bertz CT molecular complexity index is 3830.